The number of H-pyrrole nitrogens is 1. The molecule has 7 heteroatoms. The van der Waals surface area contributed by atoms with Crippen molar-refractivity contribution in [3.8, 4) is 17.1 Å². The molecule has 0 aliphatic rings. The largest absolute Gasteiger partial charge is 0.399 e. The summed E-state index contributed by atoms with van der Waals surface area (Å²) in [7, 11) is 0. The lowest BCUT2D eigenvalue weighted by Crippen LogP contribution is -2.25. The topological polar surface area (TPSA) is 109 Å². The molecular formula is C20H21N7. The third kappa shape index (κ3) is 3.25. The first-order valence-corrected chi connectivity index (χ1v) is 8.50. The summed E-state index contributed by atoms with van der Waals surface area (Å²) < 4.78 is 2.01. The normalized spacial score (nSPS) is 10.7. The van der Waals surface area contributed by atoms with Crippen LogP contribution < -0.4 is 17.2 Å². The van der Waals surface area contributed by atoms with Gasteiger partial charge >= 0.3 is 0 Å². The van der Waals surface area contributed by atoms with E-state index in [-0.39, 0.29) is 0 Å². The molecule has 0 aliphatic carbocycles. The first kappa shape index (κ1) is 16.5. The number of anilines is 3. The van der Waals surface area contributed by atoms with Gasteiger partial charge < -0.3 is 17.2 Å². The van der Waals surface area contributed by atoms with E-state index in [2.05, 4.69) is 5.10 Å². The minimum absolute atomic E-state index is 0.706. The van der Waals surface area contributed by atoms with Gasteiger partial charge in [-0.15, -0.1) is 0 Å². The van der Waals surface area contributed by atoms with Crippen LogP contribution in [0.1, 0.15) is 0 Å². The molecule has 0 saturated heterocycles. The summed E-state index contributed by atoms with van der Waals surface area (Å²) in [6, 6.07) is 23.0. The summed E-state index contributed by atoms with van der Waals surface area (Å²) in [5.41, 5.74) is 22.5. The van der Waals surface area contributed by atoms with Crippen LogP contribution in [0.4, 0.5) is 17.1 Å². The first-order valence-electron chi connectivity index (χ1n) is 8.50. The number of nitrogens with two attached hydrogens (primary N) is 3. The van der Waals surface area contributed by atoms with Crippen molar-refractivity contribution < 1.29 is 0 Å². The molecule has 1 heterocycles. The Hall–Kier alpha value is -4.00. The molecule has 136 valence electrons. The first-order chi connectivity index (χ1) is 13.1. The molecule has 4 rings (SSSR count). The summed E-state index contributed by atoms with van der Waals surface area (Å²) in [6.45, 7) is 0. The van der Waals surface area contributed by atoms with Gasteiger partial charge in [0.1, 0.15) is 0 Å². The molecule has 0 atom stereocenters. The third-order valence-electron chi connectivity index (χ3n) is 4.23. The molecule has 0 bridgehead atoms. The summed E-state index contributed by atoms with van der Waals surface area (Å²) in [5, 5.41) is 3.27. The Kier molecular flexibility index (Phi) is 4.10. The van der Waals surface area contributed by atoms with E-state index in [4.69, 9.17) is 17.2 Å². The smallest absolute Gasteiger partial charge is 0.0841 e. The van der Waals surface area contributed by atoms with Crippen LogP contribution in [-0.4, -0.2) is 19.4 Å². The second-order valence-electron chi connectivity index (χ2n) is 6.17. The van der Waals surface area contributed by atoms with Crippen LogP contribution in [0.2, 0.25) is 0 Å². The predicted molar refractivity (Wildman–Crippen MR) is 110 cm³/mol. The van der Waals surface area contributed by atoms with Crippen molar-refractivity contribution in [2.75, 3.05) is 17.2 Å². The summed E-state index contributed by atoms with van der Waals surface area (Å²) in [5.74, 6) is 0. The zero-order valence-electron chi connectivity index (χ0n) is 14.7. The van der Waals surface area contributed by atoms with E-state index in [9.17, 15) is 0 Å². The van der Waals surface area contributed by atoms with E-state index in [1.807, 2.05) is 99.5 Å². The SMILES string of the molecule is Nc1ccc(-n2cc[nH]n(-c3ccc(N)cc3)n2-c2ccc(N)cc2)cc1. The molecular weight excluding hydrogens is 338 g/mol. The monoisotopic (exact) mass is 359 g/mol. The Bertz CT molecular complexity index is 1010. The fraction of sp³-hybridized carbons (Fsp3) is 0. The maximum atomic E-state index is 5.88. The highest BCUT2D eigenvalue weighted by Gasteiger charge is 2.09. The number of hydrogen-bond donors (Lipinski definition) is 4. The summed E-state index contributed by atoms with van der Waals surface area (Å²) in [4.78, 5) is 3.91. The van der Waals surface area contributed by atoms with Crippen molar-refractivity contribution in [2.45, 2.75) is 0 Å². The lowest BCUT2D eigenvalue weighted by Gasteiger charge is -2.23. The number of nitrogen functional groups attached to an aromatic ring is 3. The zero-order valence-corrected chi connectivity index (χ0v) is 14.7. The van der Waals surface area contributed by atoms with E-state index in [1.54, 1.807) is 0 Å². The molecule has 0 fully saturated rings. The van der Waals surface area contributed by atoms with Gasteiger partial charge in [-0.2, -0.15) is 9.59 Å². The number of nitrogens with one attached hydrogen (secondary N) is 1. The van der Waals surface area contributed by atoms with Gasteiger partial charge in [-0.1, -0.05) is 0 Å². The molecule has 0 saturated carbocycles. The molecule has 7 nitrogen and oxygen atoms in total. The molecule has 3 aromatic carbocycles. The van der Waals surface area contributed by atoms with Crippen LogP contribution in [0, 0.1) is 0 Å². The van der Waals surface area contributed by atoms with Crippen molar-refractivity contribution in [1.82, 2.24) is 19.4 Å². The van der Waals surface area contributed by atoms with Crippen molar-refractivity contribution in [3.05, 3.63) is 85.2 Å². The molecule has 0 aliphatic heterocycles. The molecule has 0 radical (unpaired) electrons. The van der Waals surface area contributed by atoms with E-state index in [1.165, 1.54) is 0 Å². The van der Waals surface area contributed by atoms with Crippen molar-refractivity contribution in [1.29, 1.82) is 0 Å². The summed E-state index contributed by atoms with van der Waals surface area (Å²) >= 11 is 0. The fourth-order valence-electron chi connectivity index (χ4n) is 2.86. The average Bonchev–Trinajstić information content (AvgIpc) is 2.69. The zero-order chi connectivity index (χ0) is 18.8. The van der Waals surface area contributed by atoms with Crippen LogP contribution in [-0.2, 0) is 0 Å². The van der Waals surface area contributed by atoms with Crippen LogP contribution in [0.3, 0.4) is 0 Å². The van der Waals surface area contributed by atoms with Crippen LogP contribution in [0.5, 0.6) is 0 Å². The molecule has 0 amide bonds. The van der Waals surface area contributed by atoms with Crippen LogP contribution in [0.15, 0.2) is 85.2 Å². The van der Waals surface area contributed by atoms with Crippen molar-refractivity contribution in [2.24, 2.45) is 0 Å². The molecule has 1 aromatic heterocycles. The van der Waals surface area contributed by atoms with Crippen molar-refractivity contribution in [3.63, 3.8) is 0 Å². The quantitative estimate of drug-likeness (QED) is 0.422. The Morgan fingerprint density at radius 2 is 1.00 bits per heavy atom. The second-order valence-corrected chi connectivity index (χ2v) is 6.17. The second kappa shape index (κ2) is 6.72. The minimum Gasteiger partial charge on any atom is -0.399 e. The van der Waals surface area contributed by atoms with E-state index < -0.39 is 0 Å². The highest BCUT2D eigenvalue weighted by molar-refractivity contribution is 5.48. The number of hydrogen-bond acceptors (Lipinski definition) is 3. The van der Waals surface area contributed by atoms with Gasteiger partial charge in [0.05, 0.1) is 17.1 Å². The Morgan fingerprint density at radius 1 is 0.556 bits per heavy atom. The highest BCUT2D eigenvalue weighted by Crippen LogP contribution is 2.18. The number of nitrogens with zero attached hydrogens (tertiary/aromatic N) is 3. The maximum Gasteiger partial charge on any atom is 0.0841 e. The number of benzene rings is 3. The van der Waals surface area contributed by atoms with Crippen LogP contribution in [0.25, 0.3) is 17.1 Å². The molecule has 0 unspecified atom stereocenters. The van der Waals surface area contributed by atoms with E-state index in [0.29, 0.717) is 17.1 Å². The van der Waals surface area contributed by atoms with Gasteiger partial charge in [0.25, 0.3) is 0 Å². The van der Waals surface area contributed by atoms with Gasteiger partial charge in [-0.05, 0) is 72.8 Å². The lowest BCUT2D eigenvalue weighted by atomic mass is 10.3. The number of rotatable bonds is 3. The fourth-order valence-corrected chi connectivity index (χ4v) is 2.86. The Morgan fingerprint density at radius 3 is 1.52 bits per heavy atom. The Labute approximate surface area is 156 Å². The van der Waals surface area contributed by atoms with Gasteiger partial charge in [0, 0.05) is 29.5 Å². The van der Waals surface area contributed by atoms with E-state index in [0.717, 1.165) is 17.1 Å². The lowest BCUT2D eigenvalue weighted by molar-refractivity contribution is 0.484. The average molecular weight is 359 g/mol. The molecule has 7 N–H and O–H groups in total. The number of aromatic nitrogens is 4. The molecule has 0 spiro atoms. The number of aromatic amines is 1. The highest BCUT2D eigenvalue weighted by atomic mass is 15.7. The van der Waals surface area contributed by atoms with Gasteiger partial charge in [-0.25, -0.2) is 4.68 Å². The maximum absolute atomic E-state index is 5.88. The standard InChI is InChI=1S/C20H21N7/c21-15-1-7-18(8-2-15)25-14-13-24-26(19-9-3-16(22)4-10-19)27(25)20-11-5-17(23)6-12-20/h1-14,24H,21-23H2. The van der Waals surface area contributed by atoms with Crippen LogP contribution >= 0.6 is 0 Å². The third-order valence-corrected chi connectivity index (χ3v) is 4.23. The van der Waals surface area contributed by atoms with Crippen molar-refractivity contribution >= 4 is 17.1 Å². The molecule has 27 heavy (non-hydrogen) atoms. The van der Waals surface area contributed by atoms with Gasteiger partial charge in [0.15, 0.2) is 0 Å². The molecule has 4 aromatic rings. The summed E-state index contributed by atoms with van der Waals surface area (Å²) in [6.07, 6.45) is 3.80. The van der Waals surface area contributed by atoms with Gasteiger partial charge in [-0.3, -0.25) is 5.10 Å². The Balaban J connectivity index is 1.99. The minimum atomic E-state index is 0.706. The van der Waals surface area contributed by atoms with E-state index >= 15 is 0 Å². The predicted octanol–water partition coefficient (Wildman–Crippen LogP) is 3.26. The van der Waals surface area contributed by atoms with Gasteiger partial charge in [0.2, 0.25) is 0 Å².